The molecule has 0 aliphatic carbocycles. The minimum absolute atomic E-state index is 0.0449. The van der Waals surface area contributed by atoms with Gasteiger partial charge in [0.15, 0.2) is 0 Å². The van der Waals surface area contributed by atoms with E-state index in [0.29, 0.717) is 12.2 Å². The molecule has 0 saturated heterocycles. The van der Waals surface area contributed by atoms with Crippen molar-refractivity contribution in [2.75, 3.05) is 7.11 Å². The lowest BCUT2D eigenvalue weighted by Crippen LogP contribution is -2.02. The number of benzene rings is 1. The van der Waals surface area contributed by atoms with Gasteiger partial charge in [0.05, 0.1) is 7.11 Å². The third-order valence-electron chi connectivity index (χ3n) is 2.91. The smallest absolute Gasteiger partial charge is 0.343 e. The molecular formula is C15H16N3O3. The summed E-state index contributed by atoms with van der Waals surface area (Å²) in [7, 11) is 1.60. The molecule has 0 N–H and O–H groups in total. The Kier molecular flexibility index (Phi) is 4.71. The van der Waals surface area contributed by atoms with E-state index in [1.54, 1.807) is 19.7 Å². The molecule has 6 nitrogen and oxygen atoms in total. The topological polar surface area (TPSA) is 70.2 Å². The van der Waals surface area contributed by atoms with Crippen molar-refractivity contribution in [1.82, 2.24) is 9.55 Å². The van der Waals surface area contributed by atoms with Crippen molar-refractivity contribution in [1.29, 1.82) is 0 Å². The maximum absolute atomic E-state index is 11.0. The second-order valence-corrected chi connectivity index (χ2v) is 4.27. The maximum atomic E-state index is 11.0. The van der Waals surface area contributed by atoms with Crippen LogP contribution in [0, 0.1) is 16.7 Å². The van der Waals surface area contributed by atoms with Crippen molar-refractivity contribution >= 4 is 18.0 Å². The molecule has 1 radical (unpaired) electrons. The zero-order chi connectivity index (χ0) is 15.2. The van der Waals surface area contributed by atoms with Gasteiger partial charge in [0.25, 0.3) is 0 Å². The number of para-hydroxylation sites is 1. The lowest BCUT2D eigenvalue weighted by Gasteiger charge is -2.03. The molecule has 21 heavy (non-hydrogen) atoms. The van der Waals surface area contributed by atoms with E-state index in [-0.39, 0.29) is 5.82 Å². The number of nitro groups is 1. The van der Waals surface area contributed by atoms with Crippen molar-refractivity contribution in [2.24, 2.45) is 0 Å². The van der Waals surface area contributed by atoms with E-state index in [0.717, 1.165) is 11.3 Å². The van der Waals surface area contributed by atoms with E-state index in [2.05, 4.69) is 4.98 Å². The minimum atomic E-state index is -0.445. The highest BCUT2D eigenvalue weighted by atomic mass is 16.6. The van der Waals surface area contributed by atoms with Gasteiger partial charge in [0, 0.05) is 11.6 Å². The fourth-order valence-corrected chi connectivity index (χ4v) is 1.96. The molecule has 0 unspecified atom stereocenters. The summed E-state index contributed by atoms with van der Waals surface area (Å²) in [6, 6.07) is 7.54. The van der Waals surface area contributed by atoms with Crippen molar-refractivity contribution in [3.63, 3.8) is 0 Å². The van der Waals surface area contributed by atoms with Gasteiger partial charge in [-0.2, -0.15) is 4.57 Å². The van der Waals surface area contributed by atoms with Gasteiger partial charge in [-0.1, -0.05) is 25.1 Å². The van der Waals surface area contributed by atoms with Gasteiger partial charge >= 0.3 is 5.82 Å². The molecule has 0 saturated carbocycles. The molecule has 0 atom stereocenters. The molecule has 1 heterocycles. The zero-order valence-corrected chi connectivity index (χ0v) is 11.9. The van der Waals surface area contributed by atoms with Crippen LogP contribution in [0.5, 0.6) is 5.75 Å². The molecule has 6 heteroatoms. The Balaban J connectivity index is 2.34. The van der Waals surface area contributed by atoms with Crippen molar-refractivity contribution in [2.45, 2.75) is 13.3 Å². The van der Waals surface area contributed by atoms with Gasteiger partial charge in [0.1, 0.15) is 18.5 Å². The van der Waals surface area contributed by atoms with E-state index in [1.807, 2.05) is 37.3 Å². The Morgan fingerprint density at radius 2 is 2.14 bits per heavy atom. The molecule has 1 aromatic carbocycles. The van der Waals surface area contributed by atoms with Crippen LogP contribution in [0.15, 0.2) is 30.5 Å². The molecule has 0 bridgehead atoms. The van der Waals surface area contributed by atoms with E-state index in [4.69, 9.17) is 4.74 Å². The first kappa shape index (κ1) is 14.8. The first-order chi connectivity index (χ1) is 10.2. The number of hydrogen-bond acceptors (Lipinski definition) is 4. The van der Waals surface area contributed by atoms with E-state index in [9.17, 15) is 10.1 Å². The predicted octanol–water partition coefficient (Wildman–Crippen LogP) is 3.39. The minimum Gasteiger partial charge on any atom is -0.496 e. The molecule has 2 rings (SSSR count). The Bertz CT molecular complexity index is 662. The zero-order valence-electron chi connectivity index (χ0n) is 11.9. The second kappa shape index (κ2) is 6.69. The largest absolute Gasteiger partial charge is 0.496 e. The number of methoxy groups -OCH3 is 1. The number of imidazole rings is 1. The fourth-order valence-electron chi connectivity index (χ4n) is 1.96. The van der Waals surface area contributed by atoms with Gasteiger partial charge in [0.2, 0.25) is 5.82 Å². The molecule has 0 aliphatic heterocycles. The average molecular weight is 286 g/mol. The van der Waals surface area contributed by atoms with Crippen LogP contribution in [0.2, 0.25) is 0 Å². The summed E-state index contributed by atoms with van der Waals surface area (Å²) in [6.45, 7) is 3.64. The Labute approximate surface area is 122 Å². The Hall–Kier alpha value is -2.63. The number of ether oxygens (including phenoxy) is 1. The lowest BCUT2D eigenvalue weighted by molar-refractivity contribution is -0.391. The van der Waals surface area contributed by atoms with Crippen LogP contribution >= 0.6 is 0 Å². The summed E-state index contributed by atoms with van der Waals surface area (Å²) in [6.07, 6.45) is 5.49. The maximum Gasteiger partial charge on any atom is 0.343 e. The molecule has 2 aromatic rings. The van der Waals surface area contributed by atoms with Crippen LogP contribution in [0.1, 0.15) is 24.7 Å². The Morgan fingerprint density at radius 3 is 2.81 bits per heavy atom. The van der Waals surface area contributed by atoms with Crippen LogP contribution in [0.4, 0.5) is 5.82 Å². The summed E-state index contributed by atoms with van der Waals surface area (Å²) in [5, 5.41) is 11.0. The second-order valence-electron chi connectivity index (χ2n) is 4.27. The summed E-state index contributed by atoms with van der Waals surface area (Å²) in [4.78, 5) is 14.6. The molecule has 0 fully saturated rings. The quantitative estimate of drug-likeness (QED) is 0.603. The Morgan fingerprint density at radius 1 is 1.38 bits per heavy atom. The van der Waals surface area contributed by atoms with E-state index in [1.165, 1.54) is 10.8 Å². The van der Waals surface area contributed by atoms with E-state index >= 15 is 0 Å². The number of nitrogens with zero attached hydrogens (tertiary/aromatic N) is 3. The molecule has 1 aromatic heterocycles. The highest BCUT2D eigenvalue weighted by Crippen LogP contribution is 2.22. The van der Waals surface area contributed by atoms with Gasteiger partial charge in [-0.15, -0.1) is 0 Å². The summed E-state index contributed by atoms with van der Waals surface area (Å²) in [5.74, 6) is 1.20. The van der Waals surface area contributed by atoms with Crippen molar-refractivity contribution < 1.29 is 9.66 Å². The average Bonchev–Trinajstić information content (AvgIpc) is 2.89. The van der Waals surface area contributed by atoms with E-state index < -0.39 is 4.92 Å². The first-order valence-corrected chi connectivity index (χ1v) is 6.53. The molecule has 0 amide bonds. The molecule has 0 spiro atoms. The standard InChI is InChI=1S/C15H16N3O3/c1-3-10-17-14(16-11-15(17)18(19)20)9-8-12-6-4-5-7-13(12)21-2/h4-11H,3H2,1-2H3. The van der Waals surface area contributed by atoms with Crippen LogP contribution in [0.25, 0.3) is 12.2 Å². The van der Waals surface area contributed by atoms with Crippen molar-refractivity contribution in [3.8, 4) is 5.75 Å². The van der Waals surface area contributed by atoms with Gasteiger partial charge in [-0.05, 0) is 23.5 Å². The van der Waals surface area contributed by atoms with Gasteiger partial charge in [-0.25, -0.2) is 4.98 Å². The SMILES string of the molecule is CC[CH]n1c([N+](=O)[O-])cnc1C=Cc1ccccc1OC. The van der Waals surface area contributed by atoms with Crippen LogP contribution in [-0.4, -0.2) is 21.6 Å². The highest BCUT2D eigenvalue weighted by Gasteiger charge is 2.18. The monoisotopic (exact) mass is 286 g/mol. The normalized spacial score (nSPS) is 11.0. The lowest BCUT2D eigenvalue weighted by atomic mass is 10.2. The highest BCUT2D eigenvalue weighted by molar-refractivity contribution is 5.70. The molecule has 109 valence electrons. The number of rotatable bonds is 6. The third-order valence-corrected chi connectivity index (χ3v) is 2.91. The van der Waals surface area contributed by atoms with Crippen LogP contribution in [0.3, 0.4) is 0 Å². The first-order valence-electron chi connectivity index (χ1n) is 6.53. The third kappa shape index (κ3) is 3.28. The van der Waals surface area contributed by atoms with Crippen LogP contribution < -0.4 is 4.74 Å². The molecule has 0 aliphatic rings. The number of aromatic nitrogens is 2. The summed E-state index contributed by atoms with van der Waals surface area (Å²) in [5.41, 5.74) is 0.883. The summed E-state index contributed by atoms with van der Waals surface area (Å²) < 4.78 is 6.74. The fraction of sp³-hybridized carbons (Fsp3) is 0.200. The van der Waals surface area contributed by atoms with Gasteiger partial charge < -0.3 is 14.9 Å². The predicted molar refractivity (Wildman–Crippen MR) is 80.8 cm³/mol. The number of hydrogen-bond donors (Lipinski definition) is 0. The van der Waals surface area contributed by atoms with Gasteiger partial charge in [-0.3, -0.25) is 0 Å². The summed E-state index contributed by atoms with van der Waals surface area (Å²) >= 11 is 0. The molecular weight excluding hydrogens is 270 g/mol. The van der Waals surface area contributed by atoms with Crippen LogP contribution in [-0.2, 0) is 0 Å². The van der Waals surface area contributed by atoms with Crippen molar-refractivity contribution in [3.05, 3.63) is 58.5 Å².